The van der Waals surface area contributed by atoms with Crippen molar-refractivity contribution in [1.29, 1.82) is 0 Å². The molecule has 5 aromatic carbocycles. The van der Waals surface area contributed by atoms with Crippen LogP contribution in [0.2, 0.25) is 4.82 Å². The van der Waals surface area contributed by atoms with Gasteiger partial charge in [-0.25, -0.2) is 0 Å². The van der Waals surface area contributed by atoms with Gasteiger partial charge in [-0.05, 0) is 0 Å². The topological polar surface area (TPSA) is 122 Å². The van der Waals surface area contributed by atoms with E-state index in [0.29, 0.717) is 0 Å². The fourth-order valence-electron chi connectivity index (χ4n) is 6.74. The number of amides is 1. The molecular formula is C46H49NO9Se. The van der Waals surface area contributed by atoms with Crippen molar-refractivity contribution in [3.05, 3.63) is 174 Å². The van der Waals surface area contributed by atoms with Gasteiger partial charge in [0.05, 0.1) is 0 Å². The SMILES string of the molecule is COC(=O)C1(O)O[C@@H]([C@H](OCc2ccccc2)[C@@H](COCc2ccccc2)OCc2ccccc2)[C@H](NC(C)=O)[C@@H](OCc2ccccc2)[C@@H]1[Se]c1ccccc1. The average molecular weight is 839 g/mol. The van der Waals surface area contributed by atoms with Gasteiger partial charge in [0.25, 0.3) is 0 Å². The van der Waals surface area contributed by atoms with Crippen molar-refractivity contribution in [2.24, 2.45) is 0 Å². The number of carbonyl (C=O) groups excluding carboxylic acids is 2. The van der Waals surface area contributed by atoms with Gasteiger partial charge < -0.3 is 0 Å². The number of nitrogens with one attached hydrogen (secondary N) is 1. The maximum atomic E-state index is 14.0. The van der Waals surface area contributed by atoms with E-state index in [-0.39, 0.29) is 38.9 Å². The second-order valence-corrected chi connectivity index (χ2v) is 16.3. The number of rotatable bonds is 19. The Morgan fingerprint density at radius 2 is 1.18 bits per heavy atom. The first-order valence-electron chi connectivity index (χ1n) is 18.9. The van der Waals surface area contributed by atoms with Crippen molar-refractivity contribution in [2.75, 3.05) is 13.7 Å². The molecule has 0 aliphatic carbocycles. The Kier molecular flexibility index (Phi) is 15.6. The first-order valence-corrected chi connectivity index (χ1v) is 20.7. The first-order chi connectivity index (χ1) is 27.8. The normalized spacial score (nSPS) is 21.6. The summed E-state index contributed by atoms with van der Waals surface area (Å²) in [7, 11) is 1.21. The first kappa shape index (κ1) is 41.9. The fraction of sp³-hybridized carbons (Fsp3) is 0.304. The van der Waals surface area contributed by atoms with Crippen LogP contribution in [0.3, 0.4) is 0 Å². The molecule has 0 bridgehead atoms. The standard InChI is InChI=1S/C46H49NO9Se/c1-33(48)47-40-42(56-46(50,45(49)51-2)44(57-38-26-16-7-17-27-38)43(40)55-31-37-24-14-6-15-25-37)41(54-30-36-22-12-5-13-23-36)39(53-29-35-20-10-4-11-21-35)32-52-28-34-18-8-3-9-19-34/h3-27,39-44,50H,28-32H2,1-2H3,(H,47,48)/t39-,40+,41-,42-,43-,44+,46?/m1/s1. The summed E-state index contributed by atoms with van der Waals surface area (Å²) in [5.74, 6) is -3.87. The molecule has 1 fully saturated rings. The molecule has 298 valence electrons. The molecule has 11 heteroatoms. The molecule has 5 aromatic rings. The van der Waals surface area contributed by atoms with E-state index >= 15 is 0 Å². The Morgan fingerprint density at radius 3 is 1.68 bits per heavy atom. The third-order valence-electron chi connectivity index (χ3n) is 9.52. The van der Waals surface area contributed by atoms with Gasteiger partial charge in [0.2, 0.25) is 0 Å². The van der Waals surface area contributed by atoms with Gasteiger partial charge in [0.15, 0.2) is 0 Å². The molecule has 0 saturated carbocycles. The van der Waals surface area contributed by atoms with E-state index in [4.69, 9.17) is 28.4 Å². The zero-order valence-electron chi connectivity index (χ0n) is 32.1. The number of methoxy groups -OCH3 is 1. The number of ether oxygens (including phenoxy) is 6. The average Bonchev–Trinajstić information content (AvgIpc) is 3.25. The van der Waals surface area contributed by atoms with Gasteiger partial charge in [-0.15, -0.1) is 0 Å². The van der Waals surface area contributed by atoms with Gasteiger partial charge in [0.1, 0.15) is 0 Å². The van der Waals surface area contributed by atoms with Crippen LogP contribution in [0.1, 0.15) is 29.2 Å². The minimum atomic E-state index is -2.52. The van der Waals surface area contributed by atoms with Crippen molar-refractivity contribution in [1.82, 2.24) is 5.32 Å². The molecule has 6 rings (SSSR count). The second-order valence-electron chi connectivity index (χ2n) is 13.7. The van der Waals surface area contributed by atoms with E-state index in [1.165, 1.54) is 14.0 Å². The number of esters is 1. The molecule has 10 nitrogen and oxygen atoms in total. The number of aliphatic hydroxyl groups is 1. The van der Waals surface area contributed by atoms with Crippen molar-refractivity contribution in [2.45, 2.75) is 74.4 Å². The Labute approximate surface area is 340 Å². The summed E-state index contributed by atoms with van der Waals surface area (Å²) in [6.07, 6.45) is -4.07. The van der Waals surface area contributed by atoms with Crippen LogP contribution < -0.4 is 9.78 Å². The molecule has 7 atom stereocenters. The summed E-state index contributed by atoms with van der Waals surface area (Å²) in [4.78, 5) is 26.2. The number of benzene rings is 5. The van der Waals surface area contributed by atoms with Crippen LogP contribution in [0.5, 0.6) is 0 Å². The van der Waals surface area contributed by atoms with Crippen molar-refractivity contribution in [3.8, 4) is 0 Å². The summed E-state index contributed by atoms with van der Waals surface area (Å²) in [5, 5.41) is 15.8. The molecule has 1 amide bonds. The summed E-state index contributed by atoms with van der Waals surface area (Å²) in [6, 6.07) is 47.3. The van der Waals surface area contributed by atoms with Gasteiger partial charge in [-0.3, -0.25) is 0 Å². The number of carbonyl (C=O) groups is 2. The zero-order chi connectivity index (χ0) is 39.9. The van der Waals surface area contributed by atoms with Crippen molar-refractivity contribution >= 4 is 31.3 Å². The Balaban J connectivity index is 1.45. The number of hydrogen-bond donors (Lipinski definition) is 2. The van der Waals surface area contributed by atoms with Crippen molar-refractivity contribution in [3.63, 3.8) is 0 Å². The van der Waals surface area contributed by atoms with Gasteiger partial charge in [0, 0.05) is 0 Å². The molecule has 1 aliphatic heterocycles. The summed E-state index contributed by atoms with van der Waals surface area (Å²) < 4.78 is 39.5. The zero-order valence-corrected chi connectivity index (χ0v) is 33.8. The third kappa shape index (κ3) is 11.7. The van der Waals surface area contributed by atoms with E-state index < -0.39 is 62.0 Å². The monoisotopic (exact) mass is 839 g/mol. The second kappa shape index (κ2) is 21.2. The molecule has 1 aliphatic rings. The van der Waals surface area contributed by atoms with E-state index in [0.717, 1.165) is 26.7 Å². The molecule has 1 saturated heterocycles. The van der Waals surface area contributed by atoms with Gasteiger partial charge in [-0.1, -0.05) is 6.07 Å². The van der Waals surface area contributed by atoms with Crippen LogP contribution >= 0.6 is 0 Å². The summed E-state index contributed by atoms with van der Waals surface area (Å²) in [5.41, 5.74) is 3.61. The maximum absolute atomic E-state index is 14.0. The molecule has 0 radical (unpaired) electrons. The van der Waals surface area contributed by atoms with Crippen LogP contribution in [0.4, 0.5) is 0 Å². The van der Waals surface area contributed by atoms with Gasteiger partial charge >= 0.3 is 336 Å². The summed E-state index contributed by atoms with van der Waals surface area (Å²) >= 11 is -0.629. The van der Waals surface area contributed by atoms with Crippen LogP contribution in [0, 0.1) is 0 Å². The van der Waals surface area contributed by atoms with Crippen LogP contribution in [0.25, 0.3) is 0 Å². The molecule has 0 aromatic heterocycles. The third-order valence-corrected chi connectivity index (χ3v) is 12.4. The Morgan fingerprint density at radius 1 is 0.702 bits per heavy atom. The van der Waals surface area contributed by atoms with E-state index in [2.05, 4.69) is 5.32 Å². The fourth-order valence-corrected chi connectivity index (χ4v) is 9.47. The molecular weight excluding hydrogens is 789 g/mol. The van der Waals surface area contributed by atoms with Crippen LogP contribution in [-0.2, 0) is 64.4 Å². The molecule has 1 unspecified atom stereocenters. The molecule has 1 heterocycles. The van der Waals surface area contributed by atoms with Crippen LogP contribution in [-0.4, -0.2) is 81.9 Å². The quantitative estimate of drug-likeness (QED) is 0.0816. The predicted octanol–water partition coefficient (Wildman–Crippen LogP) is 5.54. The molecule has 0 spiro atoms. The molecule has 2 N–H and O–H groups in total. The van der Waals surface area contributed by atoms with E-state index in [1.54, 1.807) is 0 Å². The Hall–Kier alpha value is -4.68. The van der Waals surface area contributed by atoms with E-state index in [9.17, 15) is 14.7 Å². The summed E-state index contributed by atoms with van der Waals surface area (Å²) in [6.45, 7) is 2.17. The molecule has 57 heavy (non-hydrogen) atoms. The van der Waals surface area contributed by atoms with Crippen molar-refractivity contribution < 1.29 is 43.1 Å². The van der Waals surface area contributed by atoms with Crippen LogP contribution in [0.15, 0.2) is 152 Å². The minimum absolute atomic E-state index is 0.0391. The van der Waals surface area contributed by atoms with E-state index in [1.807, 2.05) is 152 Å². The van der Waals surface area contributed by atoms with Gasteiger partial charge in [-0.2, -0.15) is 0 Å². The predicted molar refractivity (Wildman–Crippen MR) is 216 cm³/mol. The number of hydrogen-bond acceptors (Lipinski definition) is 9. The Bertz CT molecular complexity index is 1940.